The first kappa shape index (κ1) is 18.9. The van der Waals surface area contributed by atoms with E-state index in [2.05, 4.69) is 0 Å². The third-order valence-electron chi connectivity index (χ3n) is 4.56. The molecule has 1 aromatic heterocycles. The summed E-state index contributed by atoms with van der Waals surface area (Å²) in [6.07, 6.45) is 1.35. The third kappa shape index (κ3) is 3.19. The number of amides is 1. The van der Waals surface area contributed by atoms with E-state index in [4.69, 9.17) is 16.0 Å². The number of halogens is 3. The van der Waals surface area contributed by atoms with Gasteiger partial charge in [-0.25, -0.2) is 8.78 Å². The van der Waals surface area contributed by atoms with Crippen LogP contribution in [0.2, 0.25) is 5.02 Å². The van der Waals surface area contributed by atoms with Crippen molar-refractivity contribution in [1.29, 1.82) is 0 Å². The van der Waals surface area contributed by atoms with Crippen LogP contribution in [0.4, 0.5) is 14.5 Å². The molecule has 146 valence electrons. The number of carbonyl (C=O) groups is 2. The lowest BCUT2D eigenvalue weighted by atomic mass is 9.99. The number of anilines is 1. The molecule has 0 radical (unpaired) electrons. The molecule has 1 fully saturated rings. The van der Waals surface area contributed by atoms with Crippen LogP contribution in [-0.2, 0) is 9.59 Å². The van der Waals surface area contributed by atoms with Crippen molar-refractivity contribution in [2.75, 3.05) is 4.90 Å². The highest BCUT2D eigenvalue weighted by molar-refractivity contribution is 6.51. The Balaban J connectivity index is 1.92. The zero-order valence-corrected chi connectivity index (χ0v) is 15.4. The normalized spacial score (nSPS) is 18.4. The summed E-state index contributed by atoms with van der Waals surface area (Å²) in [5, 5.41) is 10.5. The summed E-state index contributed by atoms with van der Waals surface area (Å²) in [7, 11) is 0. The van der Waals surface area contributed by atoms with Gasteiger partial charge in [-0.05, 0) is 54.6 Å². The molecule has 1 atom stereocenters. The topological polar surface area (TPSA) is 70.8 Å². The van der Waals surface area contributed by atoms with Gasteiger partial charge in [0.15, 0.2) is 0 Å². The van der Waals surface area contributed by atoms with Crippen LogP contribution in [0.1, 0.15) is 17.4 Å². The fourth-order valence-electron chi connectivity index (χ4n) is 3.21. The number of Topliss-reactive ketones (excluding diaryl/α,β-unsaturated/α-hetero) is 1. The average Bonchev–Trinajstić information content (AvgIpc) is 3.32. The molecule has 0 saturated carbocycles. The number of rotatable bonds is 3. The molecule has 1 aliphatic rings. The molecular formula is C21H12ClF2NO4. The zero-order valence-electron chi connectivity index (χ0n) is 14.6. The lowest BCUT2D eigenvalue weighted by molar-refractivity contribution is -0.132. The van der Waals surface area contributed by atoms with Gasteiger partial charge >= 0.3 is 0 Å². The number of hydrogen-bond donors (Lipinski definition) is 1. The number of furan rings is 1. The van der Waals surface area contributed by atoms with Crippen molar-refractivity contribution in [1.82, 2.24) is 0 Å². The van der Waals surface area contributed by atoms with Crippen molar-refractivity contribution in [2.24, 2.45) is 0 Å². The van der Waals surface area contributed by atoms with Gasteiger partial charge in [0.25, 0.3) is 11.7 Å². The molecule has 8 heteroatoms. The fraction of sp³-hybridized carbons (Fsp3) is 0.0476. The highest BCUT2D eigenvalue weighted by Gasteiger charge is 2.48. The van der Waals surface area contributed by atoms with E-state index in [9.17, 15) is 23.5 Å². The number of aliphatic hydroxyl groups excluding tert-OH is 1. The summed E-state index contributed by atoms with van der Waals surface area (Å²) < 4.78 is 32.2. The number of carbonyl (C=O) groups excluding carboxylic acids is 2. The Morgan fingerprint density at radius 3 is 2.41 bits per heavy atom. The van der Waals surface area contributed by atoms with Crippen molar-refractivity contribution >= 4 is 34.7 Å². The van der Waals surface area contributed by atoms with Gasteiger partial charge in [0.05, 0.1) is 16.9 Å². The van der Waals surface area contributed by atoms with Crippen LogP contribution < -0.4 is 4.90 Å². The Kier molecular flexibility index (Phi) is 4.68. The first-order valence-corrected chi connectivity index (χ1v) is 8.81. The van der Waals surface area contributed by atoms with Crippen LogP contribution in [0.25, 0.3) is 5.76 Å². The minimum absolute atomic E-state index is 0.151. The van der Waals surface area contributed by atoms with Gasteiger partial charge in [-0.3, -0.25) is 14.5 Å². The number of benzene rings is 2. The van der Waals surface area contributed by atoms with E-state index in [-0.39, 0.29) is 27.6 Å². The van der Waals surface area contributed by atoms with Gasteiger partial charge in [-0.1, -0.05) is 11.6 Å². The Bertz CT molecular complexity index is 1140. The summed E-state index contributed by atoms with van der Waals surface area (Å²) in [5.41, 5.74) is 0.0631. The highest BCUT2D eigenvalue weighted by atomic mass is 35.5. The van der Waals surface area contributed by atoms with Crippen LogP contribution in [0.5, 0.6) is 0 Å². The van der Waals surface area contributed by atoms with Crippen molar-refractivity contribution in [3.63, 3.8) is 0 Å². The lowest BCUT2D eigenvalue weighted by Gasteiger charge is -2.23. The second kappa shape index (κ2) is 7.18. The van der Waals surface area contributed by atoms with E-state index in [0.29, 0.717) is 0 Å². The Morgan fingerprint density at radius 2 is 1.79 bits per heavy atom. The highest BCUT2D eigenvalue weighted by Crippen LogP contribution is 2.42. The molecule has 1 amide bonds. The number of nitrogens with zero attached hydrogens (tertiary/aromatic N) is 1. The van der Waals surface area contributed by atoms with Gasteiger partial charge in [-0.15, -0.1) is 0 Å². The molecule has 29 heavy (non-hydrogen) atoms. The predicted molar refractivity (Wildman–Crippen MR) is 101 cm³/mol. The van der Waals surface area contributed by atoms with Gasteiger partial charge in [-0.2, -0.15) is 0 Å². The molecule has 1 saturated heterocycles. The molecule has 4 rings (SSSR count). The van der Waals surface area contributed by atoms with Crippen molar-refractivity contribution < 1.29 is 27.9 Å². The van der Waals surface area contributed by atoms with E-state index < -0.39 is 35.1 Å². The maximum atomic E-state index is 13.6. The quantitative estimate of drug-likeness (QED) is 0.377. The first-order chi connectivity index (χ1) is 13.9. The van der Waals surface area contributed by atoms with Crippen LogP contribution in [0.15, 0.2) is 70.9 Å². The van der Waals surface area contributed by atoms with Crippen molar-refractivity contribution in [3.05, 3.63) is 94.4 Å². The molecule has 0 spiro atoms. The van der Waals surface area contributed by atoms with Crippen molar-refractivity contribution in [2.45, 2.75) is 6.04 Å². The second-order valence-corrected chi connectivity index (χ2v) is 6.70. The van der Waals surface area contributed by atoms with E-state index >= 15 is 0 Å². The van der Waals surface area contributed by atoms with Gasteiger partial charge in [0.1, 0.15) is 29.2 Å². The lowest BCUT2D eigenvalue weighted by Crippen LogP contribution is -2.29. The maximum Gasteiger partial charge on any atom is 0.300 e. The van der Waals surface area contributed by atoms with Crippen LogP contribution in [0.3, 0.4) is 0 Å². The predicted octanol–water partition coefficient (Wildman–Crippen LogP) is 4.84. The summed E-state index contributed by atoms with van der Waals surface area (Å²) >= 11 is 5.84. The van der Waals surface area contributed by atoms with E-state index in [1.807, 2.05) is 0 Å². The molecular weight excluding hydrogens is 404 g/mol. The smallest absolute Gasteiger partial charge is 0.300 e. The summed E-state index contributed by atoms with van der Waals surface area (Å²) in [6, 6.07) is 10.3. The van der Waals surface area contributed by atoms with Crippen LogP contribution in [0, 0.1) is 11.6 Å². The van der Waals surface area contributed by atoms with Gasteiger partial charge in [0, 0.05) is 11.3 Å². The zero-order chi connectivity index (χ0) is 20.7. The minimum atomic E-state index is -1.11. The monoisotopic (exact) mass is 415 g/mol. The Morgan fingerprint density at radius 1 is 1.07 bits per heavy atom. The third-order valence-corrected chi connectivity index (χ3v) is 4.85. The molecule has 2 aromatic carbocycles. The van der Waals surface area contributed by atoms with Gasteiger partial charge < -0.3 is 9.52 Å². The molecule has 0 aliphatic carbocycles. The van der Waals surface area contributed by atoms with Crippen LogP contribution >= 0.6 is 11.6 Å². The van der Waals surface area contributed by atoms with E-state index in [1.54, 1.807) is 6.07 Å². The average molecular weight is 416 g/mol. The molecule has 0 bridgehead atoms. The molecule has 1 aliphatic heterocycles. The minimum Gasteiger partial charge on any atom is -0.507 e. The fourth-order valence-corrected chi connectivity index (χ4v) is 3.39. The summed E-state index contributed by atoms with van der Waals surface area (Å²) in [6.45, 7) is 0. The molecule has 2 heterocycles. The van der Waals surface area contributed by atoms with Crippen molar-refractivity contribution in [3.8, 4) is 0 Å². The number of hydrogen-bond acceptors (Lipinski definition) is 4. The summed E-state index contributed by atoms with van der Waals surface area (Å²) in [4.78, 5) is 26.7. The van der Waals surface area contributed by atoms with Gasteiger partial charge in [0.2, 0.25) is 0 Å². The maximum absolute atomic E-state index is 13.6. The SMILES string of the molecule is O=C1C(=O)N(c2ccc(F)c(Cl)c2)C(c2ccco2)/C1=C(/O)c1ccc(F)cc1. The molecule has 1 unspecified atom stereocenters. The molecule has 3 aromatic rings. The Labute approximate surface area is 168 Å². The first-order valence-electron chi connectivity index (χ1n) is 8.44. The number of ketones is 1. The number of aliphatic hydroxyl groups is 1. The van der Waals surface area contributed by atoms with E-state index in [1.165, 1.54) is 36.6 Å². The second-order valence-electron chi connectivity index (χ2n) is 6.29. The van der Waals surface area contributed by atoms with E-state index in [0.717, 1.165) is 23.1 Å². The molecule has 1 N–H and O–H groups in total. The summed E-state index contributed by atoms with van der Waals surface area (Å²) in [5.74, 6) is -3.40. The van der Waals surface area contributed by atoms with Crippen LogP contribution in [-0.4, -0.2) is 16.8 Å². The molecule has 5 nitrogen and oxygen atoms in total. The standard InChI is InChI=1S/C21H12ClF2NO4/c22-14-10-13(7-8-15(14)24)25-18(16-2-1-9-29-16)17(20(27)21(25)28)19(26)11-3-5-12(23)6-4-11/h1-10,18,26H/b19-17-. The largest absolute Gasteiger partial charge is 0.507 e. The Hall–Kier alpha value is -3.45.